The standard InChI is InChI=1S/C24H24N4O4/c1-25-22(29)20-14-28(18-7-4-5-8-19(18)32-20)23(30)15-10-11-16-17(13-15)26-21-9-3-2-6-12-27(21)24(16)31/h4-5,7-8,10-11,13,20H,2-3,6,9,12,14H2,1H3,(H,25,29)/t20-/m1/s1. The summed E-state index contributed by atoms with van der Waals surface area (Å²) in [6.45, 7) is 0.775. The van der Waals surface area contributed by atoms with Gasteiger partial charge < -0.3 is 15.0 Å². The van der Waals surface area contributed by atoms with Gasteiger partial charge in [-0.25, -0.2) is 4.98 Å². The Bertz CT molecular complexity index is 1280. The summed E-state index contributed by atoms with van der Waals surface area (Å²) in [6, 6.07) is 12.2. The van der Waals surface area contributed by atoms with Crippen molar-refractivity contribution >= 4 is 28.4 Å². The number of anilines is 1. The molecule has 8 heteroatoms. The number of fused-ring (bicyclic) bond motifs is 3. The Labute approximate surface area is 184 Å². The molecule has 32 heavy (non-hydrogen) atoms. The Morgan fingerprint density at radius 1 is 1.12 bits per heavy atom. The summed E-state index contributed by atoms with van der Waals surface area (Å²) < 4.78 is 7.57. The first kappa shape index (κ1) is 20.2. The SMILES string of the molecule is CNC(=O)[C@H]1CN(C(=O)c2ccc3c(=O)n4c(nc3c2)CCCCC4)c2ccccc2O1. The molecule has 164 valence electrons. The van der Waals surface area contributed by atoms with Crippen molar-refractivity contribution in [3.8, 4) is 5.75 Å². The third-order valence-electron chi connectivity index (χ3n) is 6.12. The Morgan fingerprint density at radius 2 is 1.97 bits per heavy atom. The number of hydrogen-bond acceptors (Lipinski definition) is 5. The van der Waals surface area contributed by atoms with E-state index in [0.29, 0.717) is 34.4 Å². The molecule has 1 N–H and O–H groups in total. The van der Waals surface area contributed by atoms with Crippen LogP contribution in [0.5, 0.6) is 5.75 Å². The number of aryl methyl sites for hydroxylation is 1. The van der Waals surface area contributed by atoms with E-state index < -0.39 is 6.10 Å². The van der Waals surface area contributed by atoms with Gasteiger partial charge in [-0.3, -0.25) is 19.0 Å². The maximum absolute atomic E-state index is 13.5. The fraction of sp³-hybridized carbons (Fsp3) is 0.333. The topological polar surface area (TPSA) is 93.5 Å². The van der Waals surface area contributed by atoms with Crippen LogP contribution in [-0.2, 0) is 17.8 Å². The number of para-hydroxylation sites is 2. The second-order valence-electron chi connectivity index (χ2n) is 8.13. The van der Waals surface area contributed by atoms with Crippen molar-refractivity contribution in [1.82, 2.24) is 14.9 Å². The molecule has 3 heterocycles. The molecule has 8 nitrogen and oxygen atoms in total. The van der Waals surface area contributed by atoms with Crippen LogP contribution in [0.15, 0.2) is 47.3 Å². The lowest BCUT2D eigenvalue weighted by Crippen LogP contribution is -2.50. The van der Waals surface area contributed by atoms with Crippen molar-refractivity contribution in [2.45, 2.75) is 38.3 Å². The molecule has 0 fully saturated rings. The summed E-state index contributed by atoms with van der Waals surface area (Å²) in [5.74, 6) is 0.686. The molecule has 0 spiro atoms. The smallest absolute Gasteiger partial charge is 0.262 e. The van der Waals surface area contributed by atoms with Crippen molar-refractivity contribution in [2.75, 3.05) is 18.5 Å². The summed E-state index contributed by atoms with van der Waals surface area (Å²) in [5, 5.41) is 3.09. The predicted molar refractivity (Wildman–Crippen MR) is 120 cm³/mol. The number of nitrogens with one attached hydrogen (secondary N) is 1. The molecule has 3 aromatic rings. The molecule has 2 aliphatic heterocycles. The van der Waals surface area contributed by atoms with Crippen LogP contribution in [0.3, 0.4) is 0 Å². The number of carbonyl (C=O) groups excluding carboxylic acids is 2. The zero-order chi connectivity index (χ0) is 22.2. The van der Waals surface area contributed by atoms with E-state index in [0.717, 1.165) is 31.5 Å². The van der Waals surface area contributed by atoms with Crippen molar-refractivity contribution in [3.63, 3.8) is 0 Å². The van der Waals surface area contributed by atoms with Crippen molar-refractivity contribution < 1.29 is 14.3 Å². The van der Waals surface area contributed by atoms with Crippen LogP contribution < -0.4 is 20.5 Å². The zero-order valence-corrected chi connectivity index (χ0v) is 17.8. The van der Waals surface area contributed by atoms with E-state index in [1.54, 1.807) is 45.9 Å². The maximum Gasteiger partial charge on any atom is 0.262 e. The molecule has 0 bridgehead atoms. The molecule has 0 unspecified atom stereocenters. The van der Waals surface area contributed by atoms with Crippen molar-refractivity contribution in [3.05, 3.63) is 64.2 Å². The molecule has 0 aliphatic carbocycles. The van der Waals surface area contributed by atoms with Gasteiger partial charge in [-0.05, 0) is 43.2 Å². The second-order valence-corrected chi connectivity index (χ2v) is 8.13. The third-order valence-corrected chi connectivity index (χ3v) is 6.12. The van der Waals surface area contributed by atoms with Gasteiger partial charge in [0, 0.05) is 25.6 Å². The first-order valence-electron chi connectivity index (χ1n) is 10.9. The van der Waals surface area contributed by atoms with E-state index in [1.165, 1.54) is 7.05 Å². The third kappa shape index (κ3) is 3.41. The fourth-order valence-electron chi connectivity index (χ4n) is 4.43. The number of nitrogens with zero attached hydrogens (tertiary/aromatic N) is 3. The monoisotopic (exact) mass is 432 g/mol. The van der Waals surface area contributed by atoms with Crippen LogP contribution in [-0.4, -0.2) is 41.1 Å². The lowest BCUT2D eigenvalue weighted by molar-refractivity contribution is -0.127. The van der Waals surface area contributed by atoms with Crippen LogP contribution in [0.1, 0.15) is 35.4 Å². The summed E-state index contributed by atoms with van der Waals surface area (Å²) in [5.41, 5.74) is 1.49. The van der Waals surface area contributed by atoms with Crippen LogP contribution in [0.2, 0.25) is 0 Å². The first-order chi connectivity index (χ1) is 15.6. The molecule has 0 radical (unpaired) electrons. The van der Waals surface area contributed by atoms with Gasteiger partial charge in [0.25, 0.3) is 17.4 Å². The molecule has 2 amide bonds. The van der Waals surface area contributed by atoms with Crippen molar-refractivity contribution in [2.24, 2.45) is 0 Å². The largest absolute Gasteiger partial charge is 0.477 e. The summed E-state index contributed by atoms with van der Waals surface area (Å²) in [6.07, 6.45) is 3.00. The Kier molecular flexibility index (Phi) is 5.13. The highest BCUT2D eigenvalue weighted by atomic mass is 16.5. The molecule has 2 aliphatic rings. The first-order valence-corrected chi connectivity index (χ1v) is 10.9. The number of carbonyl (C=O) groups is 2. The maximum atomic E-state index is 13.5. The number of likely N-dealkylation sites (N-methyl/N-ethyl adjacent to an activating group) is 1. The molecule has 0 saturated carbocycles. The van der Waals surface area contributed by atoms with E-state index in [-0.39, 0.29) is 23.9 Å². The van der Waals surface area contributed by atoms with Gasteiger partial charge in [-0.1, -0.05) is 18.6 Å². The predicted octanol–water partition coefficient (Wildman–Crippen LogP) is 2.28. The summed E-state index contributed by atoms with van der Waals surface area (Å²) >= 11 is 0. The zero-order valence-electron chi connectivity index (χ0n) is 17.8. The minimum atomic E-state index is -0.808. The summed E-state index contributed by atoms with van der Waals surface area (Å²) in [4.78, 5) is 45.0. The van der Waals surface area contributed by atoms with Gasteiger partial charge in [-0.2, -0.15) is 0 Å². The average molecular weight is 432 g/mol. The van der Waals surface area contributed by atoms with E-state index in [4.69, 9.17) is 9.72 Å². The highest BCUT2D eigenvalue weighted by molar-refractivity contribution is 6.09. The van der Waals surface area contributed by atoms with Gasteiger partial charge >= 0.3 is 0 Å². The Morgan fingerprint density at radius 3 is 2.81 bits per heavy atom. The molecule has 1 atom stereocenters. The summed E-state index contributed by atoms with van der Waals surface area (Å²) in [7, 11) is 1.54. The minimum absolute atomic E-state index is 0.0534. The number of ether oxygens (including phenoxy) is 1. The second kappa shape index (κ2) is 8.11. The van der Waals surface area contributed by atoms with Gasteiger partial charge in [0.2, 0.25) is 0 Å². The fourth-order valence-corrected chi connectivity index (χ4v) is 4.43. The molecular weight excluding hydrogens is 408 g/mol. The van der Waals surface area contributed by atoms with E-state index in [1.807, 2.05) is 6.07 Å². The Hall–Kier alpha value is -3.68. The van der Waals surface area contributed by atoms with Crippen LogP contribution >= 0.6 is 0 Å². The van der Waals surface area contributed by atoms with E-state index in [9.17, 15) is 14.4 Å². The highest BCUT2D eigenvalue weighted by Crippen LogP contribution is 2.34. The van der Waals surface area contributed by atoms with E-state index in [2.05, 4.69) is 5.32 Å². The normalized spacial score (nSPS) is 17.7. The van der Waals surface area contributed by atoms with Gasteiger partial charge in [0.1, 0.15) is 11.6 Å². The average Bonchev–Trinajstić information content (AvgIpc) is 3.08. The molecule has 0 saturated heterocycles. The number of rotatable bonds is 2. The minimum Gasteiger partial charge on any atom is -0.477 e. The quantitative estimate of drug-likeness (QED) is 0.671. The number of amides is 2. The van der Waals surface area contributed by atoms with Crippen molar-refractivity contribution in [1.29, 1.82) is 0 Å². The number of hydrogen-bond donors (Lipinski definition) is 1. The van der Waals surface area contributed by atoms with E-state index >= 15 is 0 Å². The van der Waals surface area contributed by atoms with Gasteiger partial charge in [0.05, 0.1) is 23.1 Å². The number of benzene rings is 2. The van der Waals surface area contributed by atoms with Gasteiger partial charge in [0.15, 0.2) is 6.10 Å². The molecule has 1 aromatic heterocycles. The van der Waals surface area contributed by atoms with Crippen LogP contribution in [0.25, 0.3) is 10.9 Å². The number of aromatic nitrogens is 2. The lowest BCUT2D eigenvalue weighted by Gasteiger charge is -2.34. The van der Waals surface area contributed by atoms with Crippen LogP contribution in [0.4, 0.5) is 5.69 Å². The molecular formula is C24H24N4O4. The van der Waals surface area contributed by atoms with Gasteiger partial charge in [-0.15, -0.1) is 0 Å². The van der Waals surface area contributed by atoms with Crippen LogP contribution in [0, 0.1) is 0 Å². The molecule has 2 aromatic carbocycles. The lowest BCUT2D eigenvalue weighted by atomic mass is 10.1. The Balaban J connectivity index is 1.55. The highest BCUT2D eigenvalue weighted by Gasteiger charge is 2.34. The molecule has 5 rings (SSSR count).